The highest BCUT2D eigenvalue weighted by Gasteiger charge is 2.25. The second-order valence-electron chi connectivity index (χ2n) is 11.3. The number of rotatable bonds is 3. The van der Waals surface area contributed by atoms with E-state index in [9.17, 15) is 5.11 Å². The molecule has 3 N–H and O–H groups in total. The Balaban J connectivity index is 0.000000207. The quantitative estimate of drug-likeness (QED) is 0.288. The fourth-order valence-electron chi connectivity index (χ4n) is 4.15. The van der Waals surface area contributed by atoms with Crippen molar-refractivity contribution in [3.8, 4) is 5.75 Å². The molecule has 188 valence electrons. The molecule has 4 aromatic carbocycles. The third kappa shape index (κ3) is 6.69. The van der Waals surface area contributed by atoms with Crippen molar-refractivity contribution in [3.05, 3.63) is 114 Å². The lowest BCUT2D eigenvalue weighted by Crippen LogP contribution is -2.17. The van der Waals surface area contributed by atoms with Gasteiger partial charge in [0.15, 0.2) is 0 Å². The summed E-state index contributed by atoms with van der Waals surface area (Å²) in [6.45, 7) is 14.9. The summed E-state index contributed by atoms with van der Waals surface area (Å²) in [6, 6.07) is 32.7. The molecule has 0 aliphatic carbocycles. The number of phenolic OH excluding ortho intramolecular Hbond substituents is 1. The van der Waals surface area contributed by atoms with Gasteiger partial charge in [-0.2, -0.15) is 0 Å². The average molecular weight is 481 g/mol. The number of anilines is 4. The van der Waals surface area contributed by atoms with Gasteiger partial charge in [-0.1, -0.05) is 95.6 Å². The lowest BCUT2D eigenvalue weighted by molar-refractivity contribution is 0.423. The minimum Gasteiger partial charge on any atom is -0.507 e. The molecule has 4 rings (SSSR count). The first-order chi connectivity index (χ1) is 16.9. The number of aryl methyl sites for hydroxylation is 1. The first kappa shape index (κ1) is 26.9. The van der Waals surface area contributed by atoms with E-state index in [1.165, 1.54) is 5.56 Å². The van der Waals surface area contributed by atoms with Crippen molar-refractivity contribution in [2.75, 3.05) is 10.6 Å². The zero-order valence-electron chi connectivity index (χ0n) is 22.7. The van der Waals surface area contributed by atoms with Gasteiger partial charge < -0.3 is 15.7 Å². The topological polar surface area (TPSA) is 49.5 Å². The van der Waals surface area contributed by atoms with Crippen LogP contribution in [0, 0.1) is 6.92 Å². The molecule has 0 aliphatic rings. The summed E-state index contributed by atoms with van der Waals surface area (Å²) < 4.78 is 0. The van der Waals surface area contributed by atoms with E-state index in [-0.39, 0.29) is 10.8 Å². The second-order valence-corrected chi connectivity index (χ2v) is 11.3. The van der Waals surface area contributed by atoms with E-state index in [0.29, 0.717) is 5.75 Å². The van der Waals surface area contributed by atoms with Gasteiger partial charge in [0, 0.05) is 22.7 Å². The van der Waals surface area contributed by atoms with Gasteiger partial charge in [0.2, 0.25) is 0 Å². The Morgan fingerprint density at radius 2 is 0.944 bits per heavy atom. The van der Waals surface area contributed by atoms with Crippen LogP contribution < -0.4 is 10.6 Å². The van der Waals surface area contributed by atoms with Crippen molar-refractivity contribution in [2.24, 2.45) is 0 Å². The Labute approximate surface area is 217 Å². The van der Waals surface area contributed by atoms with Crippen LogP contribution in [0.4, 0.5) is 22.7 Å². The largest absolute Gasteiger partial charge is 0.507 e. The van der Waals surface area contributed by atoms with Crippen molar-refractivity contribution >= 4 is 22.7 Å². The third-order valence-electron chi connectivity index (χ3n) is 6.05. The van der Waals surface area contributed by atoms with Crippen LogP contribution in [0.2, 0.25) is 0 Å². The van der Waals surface area contributed by atoms with Crippen LogP contribution in [0.15, 0.2) is 97.1 Å². The molecule has 0 fully saturated rings. The monoisotopic (exact) mass is 480 g/mol. The summed E-state index contributed by atoms with van der Waals surface area (Å²) >= 11 is 0. The normalized spacial score (nSPS) is 11.4. The molecule has 0 aromatic heterocycles. The van der Waals surface area contributed by atoms with Gasteiger partial charge >= 0.3 is 0 Å². The van der Waals surface area contributed by atoms with E-state index in [4.69, 9.17) is 5.73 Å². The summed E-state index contributed by atoms with van der Waals surface area (Å²) in [5, 5.41) is 10.4. The van der Waals surface area contributed by atoms with Gasteiger partial charge in [-0.25, -0.2) is 0 Å². The molecule has 0 aliphatic heterocycles. The number of benzene rings is 4. The van der Waals surface area contributed by atoms with Crippen molar-refractivity contribution in [3.63, 3.8) is 0 Å². The van der Waals surface area contributed by atoms with Crippen LogP contribution in [-0.2, 0) is 10.8 Å². The summed E-state index contributed by atoms with van der Waals surface area (Å²) in [6.07, 6.45) is 0. The van der Waals surface area contributed by atoms with E-state index in [0.717, 1.165) is 33.9 Å². The maximum absolute atomic E-state index is 10.4. The van der Waals surface area contributed by atoms with E-state index < -0.39 is 0 Å². The number of nitrogen functional groups attached to an aromatic ring is 1. The molecule has 0 unspecified atom stereocenters. The molecular formula is C33H40N2O. The van der Waals surface area contributed by atoms with Crippen LogP contribution in [0.25, 0.3) is 0 Å². The number of aromatic hydroxyl groups is 1. The van der Waals surface area contributed by atoms with Crippen molar-refractivity contribution in [1.29, 1.82) is 0 Å². The fourth-order valence-corrected chi connectivity index (χ4v) is 4.15. The smallest absolute Gasteiger partial charge is 0.123 e. The van der Waals surface area contributed by atoms with E-state index >= 15 is 0 Å². The SMILES string of the molecule is Cc1cc(C(C)(C)C)c(O)c(C(C)(C)C)c1.Nc1ccc(N(c2ccccc2)c2ccccc2)cc1. The zero-order valence-corrected chi connectivity index (χ0v) is 22.7. The molecule has 0 heterocycles. The van der Waals surface area contributed by atoms with Gasteiger partial charge in [0.25, 0.3) is 0 Å². The highest BCUT2D eigenvalue weighted by atomic mass is 16.3. The number of hydrogen-bond acceptors (Lipinski definition) is 3. The summed E-state index contributed by atoms with van der Waals surface area (Å²) in [4.78, 5) is 2.21. The van der Waals surface area contributed by atoms with Gasteiger partial charge in [-0.3, -0.25) is 0 Å². The van der Waals surface area contributed by atoms with Crippen LogP contribution in [0.1, 0.15) is 58.2 Å². The molecule has 0 radical (unpaired) electrons. The molecule has 0 saturated heterocycles. The summed E-state index contributed by atoms with van der Waals surface area (Å²) in [7, 11) is 0. The van der Waals surface area contributed by atoms with Crippen LogP contribution >= 0.6 is 0 Å². The van der Waals surface area contributed by atoms with Crippen molar-refractivity contribution in [1.82, 2.24) is 0 Å². The van der Waals surface area contributed by atoms with Gasteiger partial charge in [-0.15, -0.1) is 0 Å². The summed E-state index contributed by atoms with van der Waals surface area (Å²) in [5.41, 5.74) is 13.2. The molecule has 0 bridgehead atoms. The standard InChI is InChI=1S/C18H16N2.C15H24O/c19-15-11-13-18(14-12-15)20(16-7-3-1-4-8-16)17-9-5-2-6-10-17;1-10-8-11(14(2,3)4)13(16)12(9-10)15(5,6)7/h1-14H,19H2;8-9,16H,1-7H3. The van der Waals surface area contributed by atoms with E-state index in [2.05, 4.69) is 89.8 Å². The van der Waals surface area contributed by atoms with Crippen LogP contribution in [0.3, 0.4) is 0 Å². The maximum atomic E-state index is 10.4. The lowest BCUT2D eigenvalue weighted by Gasteiger charge is -2.27. The zero-order chi connectivity index (χ0) is 26.5. The fraction of sp³-hybridized carbons (Fsp3) is 0.273. The average Bonchev–Trinajstić information content (AvgIpc) is 2.82. The minimum atomic E-state index is -0.0178. The van der Waals surface area contributed by atoms with Crippen molar-refractivity contribution < 1.29 is 5.11 Å². The third-order valence-corrected chi connectivity index (χ3v) is 6.05. The molecule has 0 saturated carbocycles. The van der Waals surface area contributed by atoms with Gasteiger partial charge in [0.05, 0.1) is 0 Å². The molecule has 4 aromatic rings. The Morgan fingerprint density at radius 3 is 1.31 bits per heavy atom. The predicted octanol–water partition coefficient (Wildman–Crippen LogP) is 9.03. The highest BCUT2D eigenvalue weighted by molar-refractivity contribution is 5.76. The summed E-state index contributed by atoms with van der Waals surface area (Å²) in [5.74, 6) is 0.464. The van der Waals surface area contributed by atoms with E-state index in [1.54, 1.807) is 0 Å². The number of hydrogen-bond donors (Lipinski definition) is 2. The molecule has 36 heavy (non-hydrogen) atoms. The minimum absolute atomic E-state index is 0.0178. The molecule has 0 spiro atoms. The van der Waals surface area contributed by atoms with Gasteiger partial charge in [-0.05, 0) is 77.4 Å². The molecule has 3 nitrogen and oxygen atoms in total. The Kier molecular flexibility index (Phi) is 8.14. The molecular weight excluding hydrogens is 440 g/mol. The van der Waals surface area contributed by atoms with Crippen LogP contribution in [0.5, 0.6) is 5.75 Å². The lowest BCUT2D eigenvalue weighted by atomic mass is 9.78. The Hall–Kier alpha value is -3.72. The van der Waals surface area contributed by atoms with Gasteiger partial charge in [0.1, 0.15) is 5.75 Å². The van der Waals surface area contributed by atoms with Crippen molar-refractivity contribution in [2.45, 2.75) is 59.3 Å². The number of nitrogens with two attached hydrogens (primary N) is 1. The van der Waals surface area contributed by atoms with E-state index in [1.807, 2.05) is 60.7 Å². The predicted molar refractivity (Wildman–Crippen MR) is 156 cm³/mol. The maximum Gasteiger partial charge on any atom is 0.123 e. The number of nitrogens with zero attached hydrogens (tertiary/aromatic N) is 1. The van der Waals surface area contributed by atoms with Crippen LogP contribution in [-0.4, -0.2) is 5.11 Å². The number of phenols is 1. The highest BCUT2D eigenvalue weighted by Crippen LogP contribution is 2.39. The Morgan fingerprint density at radius 1 is 0.583 bits per heavy atom. The second kappa shape index (κ2) is 10.9. The molecule has 3 heteroatoms. The number of para-hydroxylation sites is 2. The Bertz CT molecular complexity index is 1170. The first-order valence-corrected chi connectivity index (χ1v) is 12.5. The molecule has 0 atom stereocenters. The molecule has 0 amide bonds. The first-order valence-electron chi connectivity index (χ1n) is 12.5.